The molecule has 0 unspecified atom stereocenters. The van der Waals surface area contributed by atoms with Gasteiger partial charge in [-0.1, -0.05) is 27.5 Å². The van der Waals surface area contributed by atoms with Crippen molar-refractivity contribution in [2.24, 2.45) is 0 Å². The summed E-state index contributed by atoms with van der Waals surface area (Å²) in [6.45, 7) is 0. The summed E-state index contributed by atoms with van der Waals surface area (Å²) in [6, 6.07) is 9.20. The Morgan fingerprint density at radius 2 is 1.95 bits per heavy atom. The molecule has 3 N–H and O–H groups in total. The first-order chi connectivity index (χ1) is 9.83. The Bertz CT molecular complexity index is 781. The average Bonchev–Trinajstić information content (AvgIpc) is 2.42. The summed E-state index contributed by atoms with van der Waals surface area (Å²) >= 11 is 9.24. The van der Waals surface area contributed by atoms with E-state index in [0.717, 1.165) is 0 Å². The predicted molar refractivity (Wildman–Crippen MR) is 87.4 cm³/mol. The number of rotatable bonds is 4. The minimum Gasteiger partial charge on any atom is -0.497 e. The van der Waals surface area contributed by atoms with Crippen LogP contribution in [0.3, 0.4) is 0 Å². The van der Waals surface area contributed by atoms with Crippen LogP contribution < -0.4 is 15.2 Å². The van der Waals surface area contributed by atoms with Gasteiger partial charge in [-0.05, 0) is 30.3 Å². The molecule has 0 atom stereocenters. The Morgan fingerprint density at radius 3 is 2.57 bits per heavy atom. The molecule has 5 nitrogen and oxygen atoms in total. The van der Waals surface area contributed by atoms with Crippen molar-refractivity contribution < 1.29 is 13.2 Å². The van der Waals surface area contributed by atoms with Gasteiger partial charge in [-0.25, -0.2) is 8.42 Å². The number of halogens is 2. The van der Waals surface area contributed by atoms with Gasteiger partial charge in [-0.2, -0.15) is 0 Å². The van der Waals surface area contributed by atoms with E-state index in [-0.39, 0.29) is 21.3 Å². The standard InChI is InChI=1S/C13H12BrClN2O3S/c1-20-9-3-5-13(11(16)7-9)21(18,19)17-12-6-8(14)2-4-10(12)15/h2-7,17H,16H2,1H3. The molecule has 0 aliphatic heterocycles. The SMILES string of the molecule is COc1ccc(S(=O)(=O)Nc2cc(Br)ccc2Cl)c(N)c1. The summed E-state index contributed by atoms with van der Waals surface area (Å²) < 4.78 is 32.9. The quantitative estimate of drug-likeness (QED) is 0.782. The first-order valence-electron chi connectivity index (χ1n) is 5.75. The second-order valence-corrected chi connectivity index (χ2v) is 7.11. The van der Waals surface area contributed by atoms with Crippen LogP contribution in [0, 0.1) is 0 Å². The molecule has 0 heterocycles. The first-order valence-corrected chi connectivity index (χ1v) is 8.40. The van der Waals surface area contributed by atoms with Gasteiger partial charge in [0.2, 0.25) is 0 Å². The van der Waals surface area contributed by atoms with Gasteiger partial charge >= 0.3 is 0 Å². The summed E-state index contributed by atoms with van der Waals surface area (Å²) in [4.78, 5) is -0.0423. The molecule has 0 aliphatic rings. The summed E-state index contributed by atoms with van der Waals surface area (Å²) in [5.74, 6) is 0.479. The van der Waals surface area contributed by atoms with Crippen molar-refractivity contribution in [3.05, 3.63) is 45.9 Å². The lowest BCUT2D eigenvalue weighted by atomic mass is 10.3. The molecule has 0 bridgehead atoms. The van der Waals surface area contributed by atoms with Gasteiger partial charge in [0.05, 0.1) is 23.5 Å². The Balaban J connectivity index is 2.41. The molecule has 0 saturated carbocycles. The number of sulfonamides is 1. The monoisotopic (exact) mass is 390 g/mol. The van der Waals surface area contributed by atoms with Crippen LogP contribution >= 0.6 is 27.5 Å². The Labute approximate surface area is 136 Å². The highest BCUT2D eigenvalue weighted by Crippen LogP contribution is 2.30. The number of nitrogens with two attached hydrogens (primary N) is 1. The molecule has 2 rings (SSSR count). The fourth-order valence-corrected chi connectivity index (χ4v) is 3.44. The third-order valence-electron chi connectivity index (χ3n) is 2.68. The van der Waals surface area contributed by atoms with Gasteiger partial charge in [0.1, 0.15) is 10.6 Å². The van der Waals surface area contributed by atoms with E-state index < -0.39 is 10.0 Å². The van der Waals surface area contributed by atoms with Crippen molar-refractivity contribution in [1.82, 2.24) is 0 Å². The maximum atomic E-state index is 12.4. The Hall–Kier alpha value is -1.44. The van der Waals surface area contributed by atoms with E-state index in [0.29, 0.717) is 10.2 Å². The Morgan fingerprint density at radius 1 is 1.24 bits per heavy atom. The molecule has 0 spiro atoms. The van der Waals surface area contributed by atoms with Gasteiger partial charge in [0.15, 0.2) is 0 Å². The molecule has 0 aliphatic carbocycles. The molecule has 112 valence electrons. The van der Waals surface area contributed by atoms with Gasteiger partial charge in [-0.3, -0.25) is 4.72 Å². The molecule has 2 aromatic rings. The van der Waals surface area contributed by atoms with Crippen molar-refractivity contribution in [2.45, 2.75) is 4.90 Å². The van der Waals surface area contributed by atoms with Crippen molar-refractivity contribution in [3.63, 3.8) is 0 Å². The normalized spacial score (nSPS) is 11.2. The lowest BCUT2D eigenvalue weighted by molar-refractivity contribution is 0.414. The largest absolute Gasteiger partial charge is 0.497 e. The van der Waals surface area contributed by atoms with Crippen molar-refractivity contribution >= 4 is 48.9 Å². The third kappa shape index (κ3) is 3.61. The van der Waals surface area contributed by atoms with E-state index in [1.807, 2.05) is 0 Å². The maximum absolute atomic E-state index is 12.4. The zero-order chi connectivity index (χ0) is 15.6. The number of methoxy groups -OCH3 is 1. The van der Waals surface area contributed by atoms with Crippen LogP contribution in [0.5, 0.6) is 5.75 Å². The van der Waals surface area contributed by atoms with Crippen molar-refractivity contribution in [2.75, 3.05) is 17.6 Å². The highest BCUT2D eigenvalue weighted by molar-refractivity contribution is 9.10. The number of hydrogen-bond donors (Lipinski definition) is 2. The van der Waals surface area contributed by atoms with Crippen LogP contribution in [0.25, 0.3) is 0 Å². The van der Waals surface area contributed by atoms with Crippen molar-refractivity contribution in [3.8, 4) is 5.75 Å². The molecule has 0 fully saturated rings. The molecular formula is C13H12BrClN2O3S. The molecule has 0 amide bonds. The fraction of sp³-hybridized carbons (Fsp3) is 0.0769. The summed E-state index contributed by atoms with van der Waals surface area (Å²) in [5.41, 5.74) is 6.12. The second kappa shape index (κ2) is 6.13. The molecule has 8 heteroatoms. The van der Waals surface area contributed by atoms with Gasteiger partial charge in [0.25, 0.3) is 10.0 Å². The van der Waals surface area contributed by atoms with E-state index in [1.165, 1.54) is 25.3 Å². The number of anilines is 2. The summed E-state index contributed by atoms with van der Waals surface area (Å²) in [6.07, 6.45) is 0. The van der Waals surface area contributed by atoms with Gasteiger partial charge < -0.3 is 10.5 Å². The lowest BCUT2D eigenvalue weighted by Gasteiger charge is -2.12. The minimum absolute atomic E-state index is 0.0423. The van der Waals surface area contributed by atoms with Crippen LogP contribution in [0.15, 0.2) is 45.8 Å². The highest BCUT2D eigenvalue weighted by atomic mass is 79.9. The highest BCUT2D eigenvalue weighted by Gasteiger charge is 2.19. The number of benzene rings is 2. The smallest absolute Gasteiger partial charge is 0.263 e. The Kier molecular flexibility index (Phi) is 4.65. The van der Waals surface area contributed by atoms with E-state index in [2.05, 4.69) is 20.7 Å². The number of ether oxygens (including phenoxy) is 1. The molecular weight excluding hydrogens is 380 g/mol. The summed E-state index contributed by atoms with van der Waals surface area (Å²) in [5, 5.41) is 0.286. The van der Waals surface area contributed by atoms with Crippen LogP contribution in [-0.2, 0) is 10.0 Å². The van der Waals surface area contributed by atoms with E-state index >= 15 is 0 Å². The van der Waals surface area contributed by atoms with E-state index in [1.54, 1.807) is 18.2 Å². The third-order valence-corrected chi connectivity index (χ3v) is 4.94. The first kappa shape index (κ1) is 15.9. The van der Waals surface area contributed by atoms with Gasteiger partial charge in [-0.15, -0.1) is 0 Å². The van der Waals surface area contributed by atoms with Crippen LogP contribution in [0.4, 0.5) is 11.4 Å². The topological polar surface area (TPSA) is 81.4 Å². The van der Waals surface area contributed by atoms with E-state index in [9.17, 15) is 8.42 Å². The number of hydrogen-bond acceptors (Lipinski definition) is 4. The molecule has 21 heavy (non-hydrogen) atoms. The molecule has 2 aromatic carbocycles. The van der Waals surface area contributed by atoms with Crippen LogP contribution in [-0.4, -0.2) is 15.5 Å². The fourth-order valence-electron chi connectivity index (χ4n) is 1.67. The zero-order valence-electron chi connectivity index (χ0n) is 10.9. The van der Waals surface area contributed by atoms with Crippen LogP contribution in [0.1, 0.15) is 0 Å². The summed E-state index contributed by atoms with van der Waals surface area (Å²) in [7, 11) is -2.37. The van der Waals surface area contributed by atoms with Gasteiger partial charge in [0, 0.05) is 10.5 Å². The maximum Gasteiger partial charge on any atom is 0.263 e. The zero-order valence-corrected chi connectivity index (χ0v) is 14.1. The minimum atomic E-state index is -3.84. The predicted octanol–water partition coefficient (Wildman–Crippen LogP) is 3.49. The van der Waals surface area contributed by atoms with Crippen molar-refractivity contribution in [1.29, 1.82) is 0 Å². The number of nitrogens with one attached hydrogen (secondary N) is 1. The second-order valence-electron chi connectivity index (χ2n) is 4.13. The van der Waals surface area contributed by atoms with E-state index in [4.69, 9.17) is 22.1 Å². The number of nitrogen functional groups attached to an aromatic ring is 1. The van der Waals surface area contributed by atoms with Crippen LogP contribution in [0.2, 0.25) is 5.02 Å². The molecule has 0 saturated heterocycles. The molecule has 0 radical (unpaired) electrons. The lowest BCUT2D eigenvalue weighted by Crippen LogP contribution is -2.15. The average molecular weight is 392 g/mol. The molecule has 0 aromatic heterocycles.